The van der Waals surface area contributed by atoms with Crippen molar-refractivity contribution >= 4 is 40.4 Å². The summed E-state index contributed by atoms with van der Waals surface area (Å²) in [7, 11) is 1.54. The minimum absolute atomic E-state index is 0.0498. The second-order valence-electron chi connectivity index (χ2n) is 11.8. The van der Waals surface area contributed by atoms with E-state index < -0.39 is 18.3 Å². The number of anilines is 1. The topological polar surface area (TPSA) is 115 Å². The van der Waals surface area contributed by atoms with Gasteiger partial charge in [-0.1, -0.05) is 91.0 Å². The van der Waals surface area contributed by atoms with Gasteiger partial charge < -0.3 is 19.9 Å². The molecule has 246 valence electrons. The van der Waals surface area contributed by atoms with Gasteiger partial charge in [0.15, 0.2) is 0 Å². The van der Waals surface area contributed by atoms with Crippen molar-refractivity contribution in [3.05, 3.63) is 126 Å². The highest BCUT2D eigenvalue weighted by Gasteiger charge is 2.52. The Morgan fingerprint density at radius 1 is 0.938 bits per heavy atom. The van der Waals surface area contributed by atoms with Crippen LogP contribution in [0, 0.1) is 0 Å². The molecule has 0 aliphatic carbocycles. The first-order valence-electron chi connectivity index (χ1n) is 15.9. The second kappa shape index (κ2) is 14.4. The van der Waals surface area contributed by atoms with Crippen LogP contribution in [0.2, 0.25) is 0 Å². The fourth-order valence-corrected chi connectivity index (χ4v) is 6.41. The lowest BCUT2D eigenvalue weighted by molar-refractivity contribution is -0.157. The van der Waals surface area contributed by atoms with Gasteiger partial charge in [-0.15, -0.1) is 6.58 Å². The number of hydrogen-bond acceptors (Lipinski definition) is 6. The van der Waals surface area contributed by atoms with E-state index in [4.69, 9.17) is 4.74 Å². The predicted molar refractivity (Wildman–Crippen MR) is 182 cm³/mol. The van der Waals surface area contributed by atoms with Crippen molar-refractivity contribution < 1.29 is 23.9 Å². The van der Waals surface area contributed by atoms with E-state index in [0.717, 1.165) is 27.5 Å². The first kappa shape index (κ1) is 32.3. The molecular weight excluding hydrogens is 608 g/mol. The fraction of sp³-hybridized carbons (Fsp3) is 0.243. The smallest absolute Gasteiger partial charge is 0.411 e. The molecule has 11 nitrogen and oxygen atoms in total. The van der Waals surface area contributed by atoms with Crippen LogP contribution in [0.15, 0.2) is 110 Å². The highest BCUT2D eigenvalue weighted by atomic mass is 16.5. The monoisotopic (exact) mass is 646 g/mol. The van der Waals surface area contributed by atoms with Crippen LogP contribution in [-0.4, -0.2) is 82.6 Å². The number of hydrogen-bond donors (Lipinski definition) is 2. The molecule has 0 radical (unpaired) electrons. The van der Waals surface area contributed by atoms with Gasteiger partial charge in [-0.25, -0.2) is 9.59 Å². The molecule has 0 unspecified atom stereocenters. The van der Waals surface area contributed by atoms with Crippen molar-refractivity contribution in [3.8, 4) is 0 Å². The van der Waals surface area contributed by atoms with Gasteiger partial charge in [0.1, 0.15) is 18.8 Å². The lowest BCUT2D eigenvalue weighted by Crippen LogP contribution is -2.65. The molecule has 2 fully saturated rings. The van der Waals surface area contributed by atoms with E-state index in [1.807, 2.05) is 84.9 Å². The Morgan fingerprint density at radius 3 is 2.42 bits per heavy atom. The summed E-state index contributed by atoms with van der Waals surface area (Å²) in [4.78, 5) is 56.6. The van der Waals surface area contributed by atoms with Crippen molar-refractivity contribution in [2.45, 2.75) is 31.8 Å². The average molecular weight is 647 g/mol. The molecule has 0 spiro atoms. The third kappa shape index (κ3) is 6.86. The Kier molecular flexibility index (Phi) is 9.67. The number of rotatable bonds is 10. The van der Waals surface area contributed by atoms with E-state index in [0.29, 0.717) is 12.2 Å². The lowest BCUT2D eigenvalue weighted by Gasteiger charge is -2.46. The third-order valence-corrected chi connectivity index (χ3v) is 8.71. The molecule has 5 amide bonds. The third-order valence-electron chi connectivity index (χ3n) is 8.71. The summed E-state index contributed by atoms with van der Waals surface area (Å²) in [5.41, 5.74) is 3.22. The van der Waals surface area contributed by atoms with Crippen LogP contribution in [-0.2, 0) is 33.9 Å². The van der Waals surface area contributed by atoms with Gasteiger partial charge in [0.2, 0.25) is 11.8 Å². The lowest BCUT2D eigenvalue weighted by atomic mass is 9.98. The summed E-state index contributed by atoms with van der Waals surface area (Å²) >= 11 is 0. The van der Waals surface area contributed by atoms with Crippen molar-refractivity contribution in [1.82, 2.24) is 25.1 Å². The molecular formula is C37H38N6O5. The van der Waals surface area contributed by atoms with Gasteiger partial charge in [0, 0.05) is 25.7 Å². The number of fused-ring (bicyclic) bond motifs is 2. The highest BCUT2D eigenvalue weighted by molar-refractivity contribution is 5.92. The molecule has 2 aliphatic heterocycles. The van der Waals surface area contributed by atoms with Gasteiger partial charge >= 0.3 is 12.1 Å². The highest BCUT2D eigenvalue weighted by Crippen LogP contribution is 2.31. The molecule has 4 aromatic rings. The summed E-state index contributed by atoms with van der Waals surface area (Å²) in [6.45, 7) is 4.66. The maximum absolute atomic E-state index is 14.3. The molecule has 11 heteroatoms. The van der Waals surface area contributed by atoms with Crippen LogP contribution >= 0.6 is 0 Å². The number of urea groups is 1. The van der Waals surface area contributed by atoms with Gasteiger partial charge in [-0.3, -0.25) is 19.9 Å². The molecule has 6 rings (SSSR count). The number of nitrogens with zero attached hydrogens (tertiary/aromatic N) is 4. The van der Waals surface area contributed by atoms with E-state index in [1.54, 1.807) is 33.0 Å². The zero-order valence-corrected chi connectivity index (χ0v) is 26.7. The summed E-state index contributed by atoms with van der Waals surface area (Å²) in [6, 6.07) is 29.4. The Bertz CT molecular complexity index is 1810. The van der Waals surface area contributed by atoms with Gasteiger partial charge in [-0.2, -0.15) is 5.01 Å². The summed E-state index contributed by atoms with van der Waals surface area (Å²) in [6.07, 6.45) is 0.715. The second-order valence-corrected chi connectivity index (χ2v) is 11.8. The van der Waals surface area contributed by atoms with E-state index in [-0.39, 0.29) is 50.5 Å². The Labute approximate surface area is 279 Å². The summed E-state index contributed by atoms with van der Waals surface area (Å²) < 4.78 is 5.33. The summed E-state index contributed by atoms with van der Waals surface area (Å²) in [5.74, 6) is -0.406. The Hall–Kier alpha value is -5.68. The van der Waals surface area contributed by atoms with E-state index in [2.05, 4.69) is 17.2 Å². The van der Waals surface area contributed by atoms with Crippen LogP contribution in [0.1, 0.15) is 16.7 Å². The molecule has 2 N–H and O–H groups in total. The van der Waals surface area contributed by atoms with Crippen LogP contribution in [0.3, 0.4) is 0 Å². The minimum atomic E-state index is -0.804. The molecule has 0 bridgehead atoms. The number of ether oxygens (including phenoxy) is 1. The molecule has 2 aliphatic rings. The number of carbonyl (C=O) groups is 4. The van der Waals surface area contributed by atoms with Crippen LogP contribution < -0.4 is 10.6 Å². The minimum Gasteiger partial charge on any atom is -0.444 e. The molecule has 4 aromatic carbocycles. The van der Waals surface area contributed by atoms with Crippen LogP contribution in [0.5, 0.6) is 0 Å². The number of piperazine rings is 1. The quantitative estimate of drug-likeness (QED) is 0.241. The maximum Gasteiger partial charge on any atom is 0.411 e. The zero-order chi connectivity index (χ0) is 33.6. The Balaban J connectivity index is 1.24. The first-order chi connectivity index (χ1) is 23.4. The first-order valence-corrected chi connectivity index (χ1v) is 15.9. The molecule has 0 saturated carbocycles. The van der Waals surface area contributed by atoms with Crippen molar-refractivity contribution in [1.29, 1.82) is 0 Å². The van der Waals surface area contributed by atoms with Gasteiger partial charge in [0.25, 0.3) is 0 Å². The molecule has 48 heavy (non-hydrogen) atoms. The molecule has 0 aromatic heterocycles. The SMILES string of the molecule is C=CCN(C(=O)NC)N1CC(=O)N2[C@@H](Cc3ccc(NC(=O)OCc4ccccc4)cc3)C(=O)N(Cc3cccc4ccccc34)C[C@@H]21. The molecule has 2 atom stereocenters. The fourth-order valence-electron chi connectivity index (χ4n) is 6.41. The predicted octanol–water partition coefficient (Wildman–Crippen LogP) is 4.75. The molecule has 2 heterocycles. The number of amides is 5. The van der Waals surface area contributed by atoms with Crippen LogP contribution in [0.4, 0.5) is 15.3 Å². The number of hydrazine groups is 1. The standard InChI is InChI=1S/C37H38N6O5/c1-3-20-41(36(46)38-2)42-24-34(44)43-32(21-26-16-18-30(19-17-26)39-37(47)48-25-27-10-5-4-6-11-27)35(45)40(23-33(42)43)22-29-14-9-13-28-12-7-8-15-31(28)29/h3-19,32-33H,1,20-25H2,2H3,(H,38,46)(H,39,47)/t32-,33+/m0/s1. The molecule has 2 saturated heterocycles. The van der Waals surface area contributed by atoms with Crippen molar-refractivity contribution in [2.75, 3.05) is 32.0 Å². The van der Waals surface area contributed by atoms with Gasteiger partial charge in [0.05, 0.1) is 19.6 Å². The normalized spacial score (nSPS) is 17.6. The number of carbonyl (C=O) groups excluding carboxylic acids is 4. The van der Waals surface area contributed by atoms with E-state index >= 15 is 0 Å². The van der Waals surface area contributed by atoms with E-state index in [9.17, 15) is 19.2 Å². The average Bonchev–Trinajstić information content (AvgIpc) is 3.43. The maximum atomic E-state index is 14.3. The van der Waals surface area contributed by atoms with Crippen molar-refractivity contribution in [2.24, 2.45) is 0 Å². The number of benzene rings is 4. The largest absolute Gasteiger partial charge is 0.444 e. The summed E-state index contributed by atoms with van der Waals surface area (Å²) in [5, 5.41) is 10.7. The zero-order valence-electron chi connectivity index (χ0n) is 26.7. The van der Waals surface area contributed by atoms with Gasteiger partial charge in [-0.05, 0) is 39.6 Å². The number of nitrogens with one attached hydrogen (secondary N) is 2. The van der Waals surface area contributed by atoms with E-state index in [1.165, 1.54) is 12.1 Å². The van der Waals surface area contributed by atoms with Crippen molar-refractivity contribution in [3.63, 3.8) is 0 Å². The van der Waals surface area contributed by atoms with Crippen LogP contribution in [0.25, 0.3) is 10.8 Å². The Morgan fingerprint density at radius 2 is 1.67 bits per heavy atom.